The van der Waals surface area contributed by atoms with Crippen LogP contribution < -0.4 is 15.4 Å². The lowest BCUT2D eigenvalue weighted by Gasteiger charge is -2.34. The number of nitrogens with zero attached hydrogens (tertiary/aromatic N) is 3. The molecule has 0 bridgehead atoms. The molecule has 30 heavy (non-hydrogen) atoms. The van der Waals surface area contributed by atoms with Crippen LogP contribution in [0.1, 0.15) is 12.0 Å². The Balaban J connectivity index is 1.80. The molecule has 1 aliphatic rings. The molecule has 1 unspecified atom stereocenters. The number of fused-ring (bicyclic) bond motifs is 1. The van der Waals surface area contributed by atoms with Gasteiger partial charge in [0.1, 0.15) is 11.9 Å². The van der Waals surface area contributed by atoms with Crippen molar-refractivity contribution < 1.29 is 26.7 Å². The van der Waals surface area contributed by atoms with Gasteiger partial charge in [-0.1, -0.05) is 18.2 Å². The van der Waals surface area contributed by atoms with Gasteiger partial charge in [0, 0.05) is 30.8 Å². The van der Waals surface area contributed by atoms with Crippen molar-refractivity contribution in [3.05, 3.63) is 53.6 Å². The van der Waals surface area contributed by atoms with Gasteiger partial charge in [-0.2, -0.15) is 8.78 Å². The third-order valence-corrected chi connectivity index (χ3v) is 5.14. The lowest BCUT2D eigenvalue weighted by molar-refractivity contribution is -0.0504. The van der Waals surface area contributed by atoms with Crippen LogP contribution in [-0.2, 0) is 6.54 Å². The lowest BCUT2D eigenvalue weighted by atomic mass is 10.1. The molecule has 2 N–H and O–H groups in total. The van der Waals surface area contributed by atoms with Crippen LogP contribution in [0.4, 0.5) is 27.9 Å². The maximum Gasteiger partial charge on any atom is 0.387 e. The molecule has 1 aliphatic heterocycles. The molecular weight excluding hydrogens is 407 g/mol. The molecule has 5 nitrogen and oxygen atoms in total. The Bertz CT molecular complexity index is 1060. The zero-order valence-corrected chi connectivity index (χ0v) is 15.7. The summed E-state index contributed by atoms with van der Waals surface area (Å²) in [5, 5.41) is 0. The van der Waals surface area contributed by atoms with Gasteiger partial charge in [-0.15, -0.1) is 0 Å². The molecule has 2 heterocycles. The molecule has 0 radical (unpaired) electrons. The van der Waals surface area contributed by atoms with Crippen molar-refractivity contribution in [1.82, 2.24) is 9.55 Å². The van der Waals surface area contributed by atoms with Crippen molar-refractivity contribution in [3.63, 3.8) is 0 Å². The molecule has 1 fully saturated rings. The van der Waals surface area contributed by atoms with Crippen LogP contribution in [-0.4, -0.2) is 41.5 Å². The monoisotopic (exact) mass is 426 g/mol. The van der Waals surface area contributed by atoms with E-state index in [1.807, 2.05) is 0 Å². The summed E-state index contributed by atoms with van der Waals surface area (Å²) in [6.45, 7) is -2.55. The maximum absolute atomic E-state index is 14.0. The van der Waals surface area contributed by atoms with Crippen molar-refractivity contribution in [2.45, 2.75) is 31.8 Å². The number of benzene rings is 2. The van der Waals surface area contributed by atoms with E-state index in [1.165, 1.54) is 6.07 Å². The Morgan fingerprint density at radius 3 is 2.63 bits per heavy atom. The largest absolute Gasteiger partial charge is 0.434 e. The molecule has 4 rings (SSSR count). The van der Waals surface area contributed by atoms with Crippen LogP contribution in [0.5, 0.6) is 5.75 Å². The lowest BCUT2D eigenvalue weighted by Crippen LogP contribution is -2.50. The van der Waals surface area contributed by atoms with Crippen molar-refractivity contribution in [3.8, 4) is 5.75 Å². The fourth-order valence-corrected chi connectivity index (χ4v) is 3.66. The van der Waals surface area contributed by atoms with E-state index >= 15 is 0 Å². The van der Waals surface area contributed by atoms with Crippen LogP contribution in [0.3, 0.4) is 0 Å². The molecule has 160 valence electrons. The summed E-state index contributed by atoms with van der Waals surface area (Å²) < 4.78 is 73.3. The van der Waals surface area contributed by atoms with Crippen molar-refractivity contribution in [1.29, 1.82) is 0 Å². The highest BCUT2D eigenvalue weighted by atomic mass is 19.3. The number of rotatable bonds is 5. The molecule has 10 heteroatoms. The highest BCUT2D eigenvalue weighted by molar-refractivity contribution is 5.79. The second-order valence-electron chi connectivity index (χ2n) is 7.15. The molecule has 1 saturated heterocycles. The highest BCUT2D eigenvalue weighted by Crippen LogP contribution is 2.30. The predicted molar refractivity (Wildman–Crippen MR) is 102 cm³/mol. The van der Waals surface area contributed by atoms with Gasteiger partial charge in [0.15, 0.2) is 11.6 Å². The van der Waals surface area contributed by atoms with Crippen LogP contribution in [0.15, 0.2) is 36.4 Å². The average molecular weight is 426 g/mol. The van der Waals surface area contributed by atoms with Gasteiger partial charge in [-0.05, 0) is 12.5 Å². The van der Waals surface area contributed by atoms with E-state index in [-0.39, 0.29) is 36.3 Å². The standard InChI is InChI=1S/C20H19F5N4O/c21-12-5-6-28(10-15(12)26)20-27-16-7-13(22)14(23)8-17(16)29(20)9-11-3-1-2-4-18(11)30-19(24)25/h1-4,7-8,12,15,19H,5-6,9-10,26H2/t12?,15-/m1/s1. The fraction of sp³-hybridized carbons (Fsp3) is 0.350. The highest BCUT2D eigenvalue weighted by Gasteiger charge is 2.29. The Kier molecular flexibility index (Phi) is 5.50. The minimum atomic E-state index is -3.02. The van der Waals surface area contributed by atoms with Gasteiger partial charge in [0.25, 0.3) is 0 Å². The quantitative estimate of drug-likeness (QED) is 0.630. The third kappa shape index (κ3) is 3.91. The molecule has 2 atom stereocenters. The summed E-state index contributed by atoms with van der Waals surface area (Å²) in [5.74, 6) is -1.84. The maximum atomic E-state index is 14.0. The van der Waals surface area contributed by atoms with Gasteiger partial charge >= 0.3 is 6.61 Å². The summed E-state index contributed by atoms with van der Waals surface area (Å²) in [6.07, 6.45) is -0.979. The number of aromatic nitrogens is 2. The average Bonchev–Trinajstić information content (AvgIpc) is 3.03. The minimum Gasteiger partial charge on any atom is -0.434 e. The summed E-state index contributed by atoms with van der Waals surface area (Å²) in [6, 6.07) is 7.41. The zero-order valence-electron chi connectivity index (χ0n) is 15.7. The number of imidazole rings is 1. The topological polar surface area (TPSA) is 56.3 Å². The number of hydrogen-bond acceptors (Lipinski definition) is 4. The van der Waals surface area contributed by atoms with Crippen LogP contribution >= 0.6 is 0 Å². The first-order valence-corrected chi connectivity index (χ1v) is 9.36. The van der Waals surface area contributed by atoms with Gasteiger partial charge in [0.05, 0.1) is 23.6 Å². The molecule has 3 aromatic rings. The van der Waals surface area contributed by atoms with Crippen molar-refractivity contribution in [2.24, 2.45) is 5.73 Å². The number of para-hydroxylation sites is 1. The molecule has 0 amide bonds. The van der Waals surface area contributed by atoms with Gasteiger partial charge < -0.3 is 19.9 Å². The summed E-state index contributed by atoms with van der Waals surface area (Å²) in [5.41, 5.74) is 6.71. The van der Waals surface area contributed by atoms with E-state index < -0.39 is 30.5 Å². The van der Waals surface area contributed by atoms with Gasteiger partial charge in [-0.25, -0.2) is 18.2 Å². The van der Waals surface area contributed by atoms with E-state index in [0.717, 1.165) is 12.1 Å². The van der Waals surface area contributed by atoms with E-state index in [1.54, 1.807) is 27.7 Å². The summed E-state index contributed by atoms with van der Waals surface area (Å²) in [7, 11) is 0. The number of piperidine rings is 1. The summed E-state index contributed by atoms with van der Waals surface area (Å²) >= 11 is 0. The first-order valence-electron chi connectivity index (χ1n) is 9.36. The number of anilines is 1. The number of halogens is 5. The van der Waals surface area contributed by atoms with Crippen molar-refractivity contribution in [2.75, 3.05) is 18.0 Å². The molecule has 0 aliphatic carbocycles. The SMILES string of the molecule is N[C@@H]1CN(c2nc3cc(F)c(F)cc3n2Cc2ccccc2OC(F)F)CCC1F. The normalized spacial score (nSPS) is 19.6. The Morgan fingerprint density at radius 1 is 1.17 bits per heavy atom. The van der Waals surface area contributed by atoms with Crippen molar-refractivity contribution >= 4 is 17.0 Å². The van der Waals surface area contributed by atoms with E-state index in [2.05, 4.69) is 9.72 Å². The van der Waals surface area contributed by atoms with Crippen LogP contribution in [0.25, 0.3) is 11.0 Å². The second kappa shape index (κ2) is 8.10. The molecule has 1 aromatic heterocycles. The Morgan fingerprint density at radius 2 is 1.90 bits per heavy atom. The number of hydrogen-bond donors (Lipinski definition) is 1. The number of nitrogens with two attached hydrogens (primary N) is 1. The first kappa shape index (κ1) is 20.4. The smallest absolute Gasteiger partial charge is 0.387 e. The first-order chi connectivity index (χ1) is 14.3. The fourth-order valence-electron chi connectivity index (χ4n) is 3.66. The van der Waals surface area contributed by atoms with Gasteiger partial charge in [0.2, 0.25) is 5.95 Å². The Labute approximate surface area is 168 Å². The van der Waals surface area contributed by atoms with E-state index in [9.17, 15) is 22.0 Å². The Hall–Kier alpha value is -2.88. The molecule has 0 saturated carbocycles. The number of ether oxygens (including phenoxy) is 1. The molecule has 0 spiro atoms. The summed E-state index contributed by atoms with van der Waals surface area (Å²) in [4.78, 5) is 6.13. The van der Waals surface area contributed by atoms with E-state index in [4.69, 9.17) is 5.73 Å². The van der Waals surface area contributed by atoms with Crippen LogP contribution in [0, 0.1) is 11.6 Å². The number of alkyl halides is 3. The molecule has 2 aromatic carbocycles. The van der Waals surface area contributed by atoms with Crippen LogP contribution in [0.2, 0.25) is 0 Å². The molecular formula is C20H19F5N4O. The van der Waals surface area contributed by atoms with Gasteiger partial charge in [-0.3, -0.25) is 0 Å². The predicted octanol–water partition coefficient (Wildman–Crippen LogP) is 3.84. The zero-order chi connectivity index (χ0) is 21.4. The second-order valence-corrected chi connectivity index (χ2v) is 7.15. The third-order valence-electron chi connectivity index (χ3n) is 5.14. The van der Waals surface area contributed by atoms with E-state index in [0.29, 0.717) is 18.1 Å². The minimum absolute atomic E-state index is 0.00455.